The third kappa shape index (κ3) is 6.82. The van der Waals surface area contributed by atoms with Gasteiger partial charge in [-0.3, -0.25) is 4.79 Å². The van der Waals surface area contributed by atoms with Crippen LogP contribution in [0.15, 0.2) is 18.2 Å². The molecule has 0 bridgehead atoms. The molecule has 1 amide bonds. The lowest BCUT2D eigenvalue weighted by Crippen LogP contribution is -2.28. The summed E-state index contributed by atoms with van der Waals surface area (Å²) in [6.45, 7) is 4.55. The smallest absolute Gasteiger partial charge is 0.253 e. The highest BCUT2D eigenvalue weighted by atomic mass is 35.5. The average molecular weight is 313 g/mol. The number of ether oxygens (including phenoxy) is 1. The van der Waals surface area contributed by atoms with Crippen LogP contribution in [0, 0.1) is 0 Å². The molecule has 0 heterocycles. The van der Waals surface area contributed by atoms with Crippen molar-refractivity contribution in [3.05, 3.63) is 23.2 Å². The van der Waals surface area contributed by atoms with Crippen LogP contribution in [0.3, 0.4) is 0 Å². The molecule has 0 fully saturated rings. The molecule has 1 rings (SSSR count). The van der Waals surface area contributed by atoms with Crippen molar-refractivity contribution in [2.45, 2.75) is 52.1 Å². The molecule has 0 spiro atoms. The Bertz CT molecular complexity index is 452. The summed E-state index contributed by atoms with van der Waals surface area (Å²) in [5.41, 5.74) is 6.76. The number of halogens is 1. The van der Waals surface area contributed by atoms with Crippen molar-refractivity contribution in [2.24, 2.45) is 0 Å². The van der Waals surface area contributed by atoms with Crippen LogP contribution in [0.1, 0.15) is 46.0 Å². The third-order valence-corrected chi connectivity index (χ3v) is 3.59. The number of unbranched alkanes of at least 4 members (excludes halogenated alkanes) is 4. The zero-order chi connectivity index (χ0) is 15.7. The summed E-state index contributed by atoms with van der Waals surface area (Å²) in [7, 11) is 0. The number of carbonyl (C=O) groups excluding carboxylic acids is 1. The molecule has 0 aliphatic heterocycles. The first kappa shape index (κ1) is 17.8. The Morgan fingerprint density at radius 3 is 2.71 bits per heavy atom. The summed E-state index contributed by atoms with van der Waals surface area (Å²) in [5, 5.41) is 3.24. The van der Waals surface area contributed by atoms with Gasteiger partial charge in [0.25, 0.3) is 5.91 Å². The van der Waals surface area contributed by atoms with Gasteiger partial charge >= 0.3 is 0 Å². The zero-order valence-corrected chi connectivity index (χ0v) is 13.6. The van der Waals surface area contributed by atoms with Crippen molar-refractivity contribution in [1.29, 1.82) is 0 Å². The average Bonchev–Trinajstić information content (AvgIpc) is 2.46. The number of nitrogens with one attached hydrogen (secondary N) is 1. The van der Waals surface area contributed by atoms with Gasteiger partial charge in [0.05, 0.1) is 10.7 Å². The molecule has 0 aliphatic rings. The van der Waals surface area contributed by atoms with Gasteiger partial charge in [-0.1, -0.05) is 44.2 Å². The molecule has 0 aromatic heterocycles. The van der Waals surface area contributed by atoms with Gasteiger partial charge in [-0.25, -0.2) is 0 Å². The van der Waals surface area contributed by atoms with E-state index in [1.165, 1.54) is 19.3 Å². The molecule has 5 heteroatoms. The number of nitrogens with two attached hydrogens (primary N) is 1. The van der Waals surface area contributed by atoms with Crippen LogP contribution in [0.4, 0.5) is 11.4 Å². The molecule has 3 N–H and O–H groups in total. The van der Waals surface area contributed by atoms with E-state index in [-0.39, 0.29) is 5.91 Å². The first-order chi connectivity index (χ1) is 10.0. The number of rotatable bonds is 9. The van der Waals surface area contributed by atoms with Crippen LogP contribution in [-0.2, 0) is 9.53 Å². The van der Waals surface area contributed by atoms with Crippen molar-refractivity contribution < 1.29 is 9.53 Å². The summed E-state index contributed by atoms with van der Waals surface area (Å²) in [6, 6.07) is 5.01. The maximum absolute atomic E-state index is 12.0. The van der Waals surface area contributed by atoms with Crippen molar-refractivity contribution >= 4 is 28.9 Å². The molecule has 1 aromatic rings. The minimum atomic E-state index is -0.479. The number of hydrogen-bond acceptors (Lipinski definition) is 3. The maximum atomic E-state index is 12.0. The number of hydrogen-bond donors (Lipinski definition) is 2. The van der Waals surface area contributed by atoms with Gasteiger partial charge in [0.15, 0.2) is 0 Å². The molecule has 21 heavy (non-hydrogen) atoms. The molecule has 1 atom stereocenters. The zero-order valence-electron chi connectivity index (χ0n) is 12.8. The van der Waals surface area contributed by atoms with E-state index >= 15 is 0 Å². The van der Waals surface area contributed by atoms with Crippen molar-refractivity contribution in [2.75, 3.05) is 17.7 Å². The van der Waals surface area contributed by atoms with E-state index in [1.54, 1.807) is 25.1 Å². The van der Waals surface area contributed by atoms with E-state index in [2.05, 4.69) is 12.2 Å². The van der Waals surface area contributed by atoms with Crippen LogP contribution in [-0.4, -0.2) is 18.6 Å². The van der Waals surface area contributed by atoms with Crippen molar-refractivity contribution in [3.8, 4) is 0 Å². The summed E-state index contributed by atoms with van der Waals surface area (Å²) >= 11 is 5.84. The highest BCUT2D eigenvalue weighted by molar-refractivity contribution is 6.33. The van der Waals surface area contributed by atoms with Crippen LogP contribution in [0.25, 0.3) is 0 Å². The standard InChI is InChI=1S/C16H25ClN2O2/c1-3-4-5-6-7-10-21-12(2)16(20)19-13-8-9-14(17)15(18)11-13/h8-9,11-12H,3-7,10,18H2,1-2H3,(H,19,20). The highest BCUT2D eigenvalue weighted by Crippen LogP contribution is 2.22. The minimum Gasteiger partial charge on any atom is -0.397 e. The normalized spacial score (nSPS) is 12.1. The van der Waals surface area contributed by atoms with Gasteiger partial charge in [-0.2, -0.15) is 0 Å². The Labute approximate surface area is 132 Å². The fraction of sp³-hybridized carbons (Fsp3) is 0.562. The Morgan fingerprint density at radius 1 is 1.33 bits per heavy atom. The van der Waals surface area contributed by atoms with Crippen LogP contribution in [0.2, 0.25) is 5.02 Å². The molecule has 1 aromatic carbocycles. The highest BCUT2D eigenvalue weighted by Gasteiger charge is 2.13. The van der Waals surface area contributed by atoms with E-state index in [0.717, 1.165) is 12.8 Å². The molecular formula is C16H25ClN2O2. The first-order valence-electron chi connectivity index (χ1n) is 7.52. The second kappa shape index (κ2) is 9.64. The van der Waals surface area contributed by atoms with Gasteiger partial charge in [-0.05, 0) is 31.5 Å². The lowest BCUT2D eigenvalue weighted by Gasteiger charge is -2.14. The minimum absolute atomic E-state index is 0.176. The fourth-order valence-electron chi connectivity index (χ4n) is 1.91. The Kier molecular flexibility index (Phi) is 8.16. The summed E-state index contributed by atoms with van der Waals surface area (Å²) in [4.78, 5) is 12.0. The van der Waals surface area contributed by atoms with Crippen LogP contribution < -0.4 is 11.1 Å². The molecule has 4 nitrogen and oxygen atoms in total. The predicted molar refractivity (Wildman–Crippen MR) is 88.7 cm³/mol. The van der Waals surface area contributed by atoms with Gasteiger partial charge in [-0.15, -0.1) is 0 Å². The summed E-state index contributed by atoms with van der Waals surface area (Å²) in [6.07, 6.45) is 5.37. The monoisotopic (exact) mass is 312 g/mol. The van der Waals surface area contributed by atoms with Gasteiger partial charge in [0.2, 0.25) is 0 Å². The number of nitrogen functional groups attached to an aromatic ring is 1. The van der Waals surface area contributed by atoms with Crippen LogP contribution >= 0.6 is 11.6 Å². The molecule has 0 saturated carbocycles. The molecule has 0 saturated heterocycles. The largest absolute Gasteiger partial charge is 0.397 e. The van der Waals surface area contributed by atoms with E-state index in [9.17, 15) is 4.79 Å². The summed E-state index contributed by atoms with van der Waals surface area (Å²) in [5.74, 6) is -0.176. The van der Waals surface area contributed by atoms with Gasteiger partial charge in [0, 0.05) is 12.3 Å². The topological polar surface area (TPSA) is 64.3 Å². The SMILES string of the molecule is CCCCCCCOC(C)C(=O)Nc1ccc(Cl)c(N)c1. The molecule has 0 radical (unpaired) electrons. The lowest BCUT2D eigenvalue weighted by atomic mass is 10.2. The number of benzene rings is 1. The molecule has 0 aliphatic carbocycles. The number of amides is 1. The van der Waals surface area contributed by atoms with E-state index in [0.29, 0.717) is 23.0 Å². The van der Waals surface area contributed by atoms with Crippen LogP contribution in [0.5, 0.6) is 0 Å². The Balaban J connectivity index is 2.29. The van der Waals surface area contributed by atoms with Gasteiger partial charge in [0.1, 0.15) is 6.10 Å². The molecule has 1 unspecified atom stereocenters. The first-order valence-corrected chi connectivity index (χ1v) is 7.90. The Morgan fingerprint density at radius 2 is 2.05 bits per heavy atom. The third-order valence-electron chi connectivity index (χ3n) is 3.25. The maximum Gasteiger partial charge on any atom is 0.253 e. The lowest BCUT2D eigenvalue weighted by molar-refractivity contribution is -0.126. The van der Waals surface area contributed by atoms with Crippen molar-refractivity contribution in [3.63, 3.8) is 0 Å². The van der Waals surface area contributed by atoms with E-state index < -0.39 is 6.10 Å². The Hall–Kier alpha value is -1.26. The van der Waals surface area contributed by atoms with Gasteiger partial charge < -0.3 is 15.8 Å². The van der Waals surface area contributed by atoms with E-state index in [1.807, 2.05) is 0 Å². The second-order valence-corrected chi connectivity index (χ2v) is 5.56. The molecule has 118 valence electrons. The number of anilines is 2. The predicted octanol–water partition coefficient (Wildman–Crippen LogP) is 4.24. The fourth-order valence-corrected chi connectivity index (χ4v) is 2.02. The second-order valence-electron chi connectivity index (χ2n) is 5.15. The number of carbonyl (C=O) groups is 1. The summed E-state index contributed by atoms with van der Waals surface area (Å²) < 4.78 is 5.54. The van der Waals surface area contributed by atoms with E-state index in [4.69, 9.17) is 22.1 Å². The molecular weight excluding hydrogens is 288 g/mol. The van der Waals surface area contributed by atoms with Crippen molar-refractivity contribution in [1.82, 2.24) is 0 Å². The quantitative estimate of drug-likeness (QED) is 0.529.